The molecule has 0 aliphatic heterocycles. The van der Waals surface area contributed by atoms with Crippen LogP contribution >= 0.6 is 0 Å². The van der Waals surface area contributed by atoms with E-state index in [0.29, 0.717) is 30.7 Å². The predicted molar refractivity (Wildman–Crippen MR) is 83.0 cm³/mol. The molecule has 0 fully saturated rings. The summed E-state index contributed by atoms with van der Waals surface area (Å²) in [6.45, 7) is 5.94. The van der Waals surface area contributed by atoms with Gasteiger partial charge in [-0.1, -0.05) is 0 Å². The fourth-order valence-electron chi connectivity index (χ4n) is 2.64. The maximum Gasteiger partial charge on any atom is 0.359 e. The molecule has 0 N–H and O–H groups in total. The highest BCUT2D eigenvalue weighted by Crippen LogP contribution is 2.30. The number of carbonyl (C=O) groups excluding carboxylic acids is 2. The highest BCUT2D eigenvalue weighted by atomic mass is 16.5. The second-order valence-corrected chi connectivity index (χ2v) is 5.88. The summed E-state index contributed by atoms with van der Waals surface area (Å²) in [7, 11) is 3.78. The molecule has 0 radical (unpaired) electrons. The third-order valence-electron chi connectivity index (χ3n) is 3.53. The SMILES string of the molecule is CCOC(=O)c1nn(C(C)C)c2c1CCC(=CN(C)C)C2=O. The summed E-state index contributed by atoms with van der Waals surface area (Å²) in [5.74, 6) is -0.502. The Morgan fingerprint density at radius 1 is 1.41 bits per heavy atom. The standard InChI is InChI=1S/C16H23N3O3/c1-6-22-16(21)13-12-8-7-11(9-18(4)5)15(20)14(12)19(17-13)10(2)3/h9-10H,6-8H2,1-5H3. The molecule has 0 spiro atoms. The van der Waals surface area contributed by atoms with Crippen molar-refractivity contribution < 1.29 is 14.3 Å². The molecule has 1 aromatic heterocycles. The molecule has 0 unspecified atom stereocenters. The number of allylic oxidation sites excluding steroid dienone is 1. The first-order valence-corrected chi connectivity index (χ1v) is 7.57. The van der Waals surface area contributed by atoms with Crippen molar-refractivity contribution in [3.8, 4) is 0 Å². The Hall–Kier alpha value is -2.11. The van der Waals surface area contributed by atoms with Crippen LogP contribution < -0.4 is 0 Å². The van der Waals surface area contributed by atoms with Crippen LogP contribution in [0.2, 0.25) is 0 Å². The van der Waals surface area contributed by atoms with Gasteiger partial charge in [0.1, 0.15) is 5.69 Å². The first kappa shape index (κ1) is 16.3. The van der Waals surface area contributed by atoms with Gasteiger partial charge >= 0.3 is 5.97 Å². The summed E-state index contributed by atoms with van der Waals surface area (Å²) in [6.07, 6.45) is 3.08. The van der Waals surface area contributed by atoms with Gasteiger partial charge in [-0.15, -0.1) is 0 Å². The number of rotatable bonds is 4. The van der Waals surface area contributed by atoms with E-state index in [0.717, 1.165) is 5.57 Å². The van der Waals surface area contributed by atoms with Gasteiger partial charge in [0.2, 0.25) is 5.78 Å². The van der Waals surface area contributed by atoms with E-state index in [1.54, 1.807) is 11.6 Å². The van der Waals surface area contributed by atoms with Crippen molar-refractivity contribution >= 4 is 11.8 Å². The highest BCUT2D eigenvalue weighted by molar-refractivity contribution is 6.11. The number of esters is 1. The molecule has 0 bridgehead atoms. The zero-order valence-corrected chi connectivity index (χ0v) is 13.8. The fourth-order valence-corrected chi connectivity index (χ4v) is 2.64. The predicted octanol–water partition coefficient (Wildman–Crippen LogP) is 2.22. The average Bonchev–Trinajstić information content (AvgIpc) is 2.82. The molecule has 1 aliphatic carbocycles. The van der Waals surface area contributed by atoms with Gasteiger partial charge in [-0.3, -0.25) is 9.48 Å². The quantitative estimate of drug-likeness (QED) is 0.630. The van der Waals surface area contributed by atoms with Crippen LogP contribution in [0.5, 0.6) is 0 Å². The van der Waals surface area contributed by atoms with E-state index in [2.05, 4.69) is 5.10 Å². The minimum absolute atomic E-state index is 0.000386. The summed E-state index contributed by atoms with van der Waals surface area (Å²) >= 11 is 0. The van der Waals surface area contributed by atoms with Gasteiger partial charge in [-0.05, 0) is 33.6 Å². The number of hydrogen-bond acceptors (Lipinski definition) is 5. The first-order valence-electron chi connectivity index (χ1n) is 7.57. The van der Waals surface area contributed by atoms with Crippen LogP contribution in [0.1, 0.15) is 59.8 Å². The lowest BCUT2D eigenvalue weighted by atomic mass is 9.90. The molecule has 2 rings (SSSR count). The van der Waals surface area contributed by atoms with Crippen LogP contribution in [-0.4, -0.2) is 47.1 Å². The van der Waals surface area contributed by atoms with Gasteiger partial charge in [0.05, 0.1) is 6.61 Å². The smallest absolute Gasteiger partial charge is 0.359 e. The van der Waals surface area contributed by atoms with Crippen LogP contribution in [0.4, 0.5) is 0 Å². The molecule has 6 heteroatoms. The summed E-state index contributed by atoms with van der Waals surface area (Å²) in [4.78, 5) is 26.7. The molecule has 1 aromatic rings. The van der Waals surface area contributed by atoms with Crippen LogP contribution in [0.15, 0.2) is 11.8 Å². The van der Waals surface area contributed by atoms with Crippen LogP contribution in [0, 0.1) is 0 Å². The lowest BCUT2D eigenvalue weighted by Crippen LogP contribution is -2.21. The normalized spacial score (nSPS) is 16.1. The highest BCUT2D eigenvalue weighted by Gasteiger charge is 2.33. The van der Waals surface area contributed by atoms with Crippen molar-refractivity contribution in [3.63, 3.8) is 0 Å². The number of ketones is 1. The molecule has 0 atom stereocenters. The molecule has 0 saturated heterocycles. The Labute approximate surface area is 130 Å². The molecule has 120 valence electrons. The van der Waals surface area contributed by atoms with Crippen molar-refractivity contribution in [2.45, 2.75) is 39.7 Å². The lowest BCUT2D eigenvalue weighted by molar-refractivity contribution is 0.0517. The monoisotopic (exact) mass is 305 g/mol. The number of aromatic nitrogens is 2. The van der Waals surface area contributed by atoms with Gasteiger partial charge in [-0.25, -0.2) is 4.79 Å². The van der Waals surface area contributed by atoms with Crippen LogP contribution in [-0.2, 0) is 11.2 Å². The van der Waals surface area contributed by atoms with E-state index < -0.39 is 5.97 Å². The van der Waals surface area contributed by atoms with Crippen molar-refractivity contribution in [3.05, 3.63) is 28.7 Å². The van der Waals surface area contributed by atoms with E-state index in [1.807, 2.05) is 39.0 Å². The third kappa shape index (κ3) is 2.91. The van der Waals surface area contributed by atoms with Crippen molar-refractivity contribution in [2.24, 2.45) is 0 Å². The van der Waals surface area contributed by atoms with E-state index in [4.69, 9.17) is 4.74 Å². The van der Waals surface area contributed by atoms with Gasteiger partial charge in [0.15, 0.2) is 5.69 Å². The largest absolute Gasteiger partial charge is 0.461 e. The number of Topliss-reactive ketones (excluding diaryl/α,β-unsaturated/α-hetero) is 1. The number of hydrogen-bond donors (Lipinski definition) is 0. The summed E-state index contributed by atoms with van der Waals surface area (Å²) < 4.78 is 6.71. The molecule has 6 nitrogen and oxygen atoms in total. The van der Waals surface area contributed by atoms with E-state index in [9.17, 15) is 9.59 Å². The van der Waals surface area contributed by atoms with Crippen molar-refractivity contribution in [2.75, 3.05) is 20.7 Å². The molecule has 1 aliphatic rings. The maximum atomic E-state index is 12.8. The Kier molecular flexibility index (Phi) is 4.68. The zero-order chi connectivity index (χ0) is 16.4. The van der Waals surface area contributed by atoms with E-state index >= 15 is 0 Å². The molecule has 0 saturated carbocycles. The number of nitrogens with zero attached hydrogens (tertiary/aromatic N) is 3. The summed E-state index contributed by atoms with van der Waals surface area (Å²) in [5, 5.41) is 4.35. The van der Waals surface area contributed by atoms with E-state index in [-0.39, 0.29) is 17.5 Å². The van der Waals surface area contributed by atoms with E-state index in [1.165, 1.54) is 0 Å². The Balaban J connectivity index is 2.54. The Bertz CT molecular complexity index is 627. The fraction of sp³-hybridized carbons (Fsp3) is 0.562. The minimum Gasteiger partial charge on any atom is -0.461 e. The topological polar surface area (TPSA) is 64.4 Å². The van der Waals surface area contributed by atoms with Gasteiger partial charge in [0, 0.05) is 37.5 Å². The van der Waals surface area contributed by atoms with Crippen molar-refractivity contribution in [1.82, 2.24) is 14.7 Å². The van der Waals surface area contributed by atoms with Gasteiger partial charge in [0.25, 0.3) is 0 Å². The average molecular weight is 305 g/mol. The molecule has 0 aromatic carbocycles. The Morgan fingerprint density at radius 3 is 2.64 bits per heavy atom. The number of carbonyl (C=O) groups is 2. The van der Waals surface area contributed by atoms with Crippen molar-refractivity contribution in [1.29, 1.82) is 0 Å². The molecular formula is C16H23N3O3. The summed E-state index contributed by atoms with van der Waals surface area (Å²) in [6, 6.07) is -0.000386. The molecule has 0 amide bonds. The third-order valence-corrected chi connectivity index (χ3v) is 3.53. The number of fused-ring (bicyclic) bond motifs is 1. The number of ether oxygens (including phenoxy) is 1. The van der Waals surface area contributed by atoms with Gasteiger partial charge < -0.3 is 9.64 Å². The molecular weight excluding hydrogens is 282 g/mol. The molecule has 22 heavy (non-hydrogen) atoms. The van der Waals surface area contributed by atoms with Crippen LogP contribution in [0.25, 0.3) is 0 Å². The second kappa shape index (κ2) is 6.34. The summed E-state index contributed by atoms with van der Waals surface area (Å²) in [5.41, 5.74) is 2.27. The maximum absolute atomic E-state index is 12.8. The minimum atomic E-state index is -0.453. The van der Waals surface area contributed by atoms with Crippen LogP contribution in [0.3, 0.4) is 0 Å². The first-order chi connectivity index (χ1) is 10.4. The molecule has 1 heterocycles. The van der Waals surface area contributed by atoms with Gasteiger partial charge in [-0.2, -0.15) is 5.10 Å². The zero-order valence-electron chi connectivity index (χ0n) is 13.8. The Morgan fingerprint density at radius 2 is 2.09 bits per heavy atom. The second-order valence-electron chi connectivity index (χ2n) is 5.88. The lowest BCUT2D eigenvalue weighted by Gasteiger charge is -2.19.